The van der Waals surface area contributed by atoms with E-state index in [1.165, 1.54) is 0 Å². The van der Waals surface area contributed by atoms with Gasteiger partial charge in [-0.15, -0.1) is 0 Å². The molecule has 1 aliphatic rings. The van der Waals surface area contributed by atoms with E-state index in [0.29, 0.717) is 6.61 Å². The highest BCUT2D eigenvalue weighted by molar-refractivity contribution is 6.37. The number of hydrogen-bond donors (Lipinski definition) is 3. The van der Waals surface area contributed by atoms with Gasteiger partial charge in [-0.1, -0.05) is 0 Å². The van der Waals surface area contributed by atoms with Crippen molar-refractivity contribution in [2.24, 2.45) is 0 Å². The quantitative estimate of drug-likeness (QED) is 0.332. The zero-order valence-electron chi connectivity index (χ0n) is 10.5. The van der Waals surface area contributed by atoms with Crippen LogP contribution in [0.3, 0.4) is 0 Å². The van der Waals surface area contributed by atoms with Gasteiger partial charge >= 0.3 is 5.97 Å². The Morgan fingerprint density at radius 3 is 2.58 bits per heavy atom. The molecule has 1 saturated heterocycles. The maximum Gasteiger partial charge on any atom is 0.378 e. The molecule has 0 radical (unpaired) electrons. The molecule has 19 heavy (non-hydrogen) atoms. The Bertz CT molecular complexity index is 318. The van der Waals surface area contributed by atoms with Crippen molar-refractivity contribution < 1.29 is 39.1 Å². The summed E-state index contributed by atoms with van der Waals surface area (Å²) in [5.74, 6) is -2.07. The first-order valence-corrected chi connectivity index (χ1v) is 5.92. The van der Waals surface area contributed by atoms with E-state index in [9.17, 15) is 19.8 Å². The fourth-order valence-electron chi connectivity index (χ4n) is 1.58. The molecule has 1 heterocycles. The SMILES string of the molecule is CCOCC(O)COC1C(=O)C(=O)O[C@@H]1[C@@H](O)CO. The van der Waals surface area contributed by atoms with Crippen LogP contribution in [0.4, 0.5) is 0 Å². The summed E-state index contributed by atoms with van der Waals surface area (Å²) in [7, 11) is 0. The molecule has 4 atom stereocenters. The summed E-state index contributed by atoms with van der Waals surface area (Å²) in [6, 6.07) is 0. The van der Waals surface area contributed by atoms with Gasteiger partial charge in [-0.25, -0.2) is 4.79 Å². The van der Waals surface area contributed by atoms with E-state index >= 15 is 0 Å². The van der Waals surface area contributed by atoms with E-state index in [2.05, 4.69) is 4.74 Å². The number of carbonyl (C=O) groups excluding carboxylic acids is 2. The van der Waals surface area contributed by atoms with Crippen LogP contribution in [0.15, 0.2) is 0 Å². The maximum atomic E-state index is 11.5. The number of aliphatic hydroxyl groups is 3. The molecular formula is C11H18O8. The molecule has 0 aromatic heterocycles. The van der Waals surface area contributed by atoms with Crippen molar-refractivity contribution in [1.82, 2.24) is 0 Å². The van der Waals surface area contributed by atoms with Crippen LogP contribution < -0.4 is 0 Å². The summed E-state index contributed by atoms with van der Waals surface area (Å²) in [4.78, 5) is 22.6. The number of ether oxygens (including phenoxy) is 3. The standard InChI is InChI=1S/C11H18O8/c1-2-17-4-6(13)5-18-10-8(15)11(16)19-9(10)7(14)3-12/h6-7,9-10,12-14H,2-5H2,1H3/t6?,7-,9+,10?/m0/s1. The second-order valence-electron chi connectivity index (χ2n) is 4.05. The summed E-state index contributed by atoms with van der Waals surface area (Å²) in [5.41, 5.74) is 0. The zero-order chi connectivity index (χ0) is 14.4. The van der Waals surface area contributed by atoms with Crippen molar-refractivity contribution in [3.8, 4) is 0 Å². The van der Waals surface area contributed by atoms with Crippen molar-refractivity contribution >= 4 is 11.8 Å². The van der Waals surface area contributed by atoms with Crippen LogP contribution in [-0.4, -0.2) is 77.9 Å². The Balaban J connectivity index is 2.52. The maximum absolute atomic E-state index is 11.5. The Kier molecular flexibility index (Phi) is 6.32. The van der Waals surface area contributed by atoms with E-state index in [1.807, 2.05) is 0 Å². The molecule has 0 spiro atoms. The normalized spacial score (nSPS) is 26.3. The summed E-state index contributed by atoms with van der Waals surface area (Å²) < 4.78 is 14.7. The number of Topliss-reactive ketones (excluding diaryl/α,β-unsaturated/α-hetero) is 1. The third-order valence-corrected chi connectivity index (χ3v) is 2.55. The molecule has 3 N–H and O–H groups in total. The van der Waals surface area contributed by atoms with Gasteiger partial charge in [-0.3, -0.25) is 4.79 Å². The van der Waals surface area contributed by atoms with Gasteiger partial charge in [0, 0.05) is 6.61 Å². The molecule has 0 saturated carbocycles. The van der Waals surface area contributed by atoms with E-state index < -0.39 is 42.8 Å². The van der Waals surface area contributed by atoms with Crippen LogP contribution in [0.5, 0.6) is 0 Å². The van der Waals surface area contributed by atoms with E-state index in [0.717, 1.165) is 0 Å². The van der Waals surface area contributed by atoms with Crippen LogP contribution in [0.2, 0.25) is 0 Å². The third-order valence-electron chi connectivity index (χ3n) is 2.55. The molecule has 1 aliphatic heterocycles. The highest BCUT2D eigenvalue weighted by Crippen LogP contribution is 2.19. The van der Waals surface area contributed by atoms with Crippen molar-refractivity contribution in [2.45, 2.75) is 31.3 Å². The molecule has 0 amide bonds. The number of esters is 1. The second-order valence-corrected chi connectivity index (χ2v) is 4.05. The molecule has 8 heteroatoms. The highest BCUT2D eigenvalue weighted by atomic mass is 16.6. The first-order valence-electron chi connectivity index (χ1n) is 5.92. The van der Waals surface area contributed by atoms with Gasteiger partial charge in [0.2, 0.25) is 0 Å². The van der Waals surface area contributed by atoms with Crippen LogP contribution >= 0.6 is 0 Å². The molecule has 1 rings (SSSR count). The predicted octanol–water partition coefficient (Wildman–Crippen LogP) is -2.38. The summed E-state index contributed by atoms with van der Waals surface area (Å²) in [5, 5.41) is 27.7. The molecular weight excluding hydrogens is 260 g/mol. The van der Waals surface area contributed by atoms with Crippen LogP contribution in [0.25, 0.3) is 0 Å². The van der Waals surface area contributed by atoms with E-state index in [1.54, 1.807) is 6.92 Å². The predicted molar refractivity (Wildman–Crippen MR) is 60.2 cm³/mol. The Morgan fingerprint density at radius 2 is 2.00 bits per heavy atom. The fraction of sp³-hybridized carbons (Fsp3) is 0.818. The summed E-state index contributed by atoms with van der Waals surface area (Å²) >= 11 is 0. The summed E-state index contributed by atoms with van der Waals surface area (Å²) in [6.07, 6.45) is -4.96. The van der Waals surface area contributed by atoms with Crippen LogP contribution in [0, 0.1) is 0 Å². The monoisotopic (exact) mass is 278 g/mol. The van der Waals surface area contributed by atoms with Gasteiger partial charge in [-0.2, -0.15) is 0 Å². The van der Waals surface area contributed by atoms with Crippen LogP contribution in [0.1, 0.15) is 6.92 Å². The van der Waals surface area contributed by atoms with Crippen LogP contribution in [-0.2, 0) is 23.8 Å². The number of cyclic esters (lactones) is 1. The minimum absolute atomic E-state index is 0.0272. The van der Waals surface area contributed by atoms with Crippen molar-refractivity contribution in [2.75, 3.05) is 26.4 Å². The van der Waals surface area contributed by atoms with Gasteiger partial charge in [-0.05, 0) is 6.92 Å². The molecule has 0 aromatic rings. The Labute approximate surface area is 109 Å². The van der Waals surface area contributed by atoms with Crippen molar-refractivity contribution in [3.63, 3.8) is 0 Å². The van der Waals surface area contributed by atoms with E-state index in [-0.39, 0.29) is 13.2 Å². The largest absolute Gasteiger partial charge is 0.450 e. The number of rotatable bonds is 8. The zero-order valence-corrected chi connectivity index (χ0v) is 10.5. The number of hydrogen-bond acceptors (Lipinski definition) is 8. The second kappa shape index (κ2) is 7.51. The topological polar surface area (TPSA) is 123 Å². The number of ketones is 1. The lowest BCUT2D eigenvalue weighted by Crippen LogP contribution is -2.42. The number of aliphatic hydroxyl groups excluding tert-OH is 3. The lowest BCUT2D eigenvalue weighted by Gasteiger charge is -2.21. The Hall–Kier alpha value is -1.06. The Morgan fingerprint density at radius 1 is 1.32 bits per heavy atom. The minimum Gasteiger partial charge on any atom is -0.450 e. The van der Waals surface area contributed by atoms with Crippen molar-refractivity contribution in [1.29, 1.82) is 0 Å². The third kappa shape index (κ3) is 4.22. The molecule has 2 unspecified atom stereocenters. The highest BCUT2D eigenvalue weighted by Gasteiger charge is 2.48. The molecule has 0 bridgehead atoms. The number of carbonyl (C=O) groups is 2. The fourth-order valence-corrected chi connectivity index (χ4v) is 1.58. The molecule has 8 nitrogen and oxygen atoms in total. The average molecular weight is 278 g/mol. The van der Waals surface area contributed by atoms with E-state index in [4.69, 9.17) is 14.6 Å². The van der Waals surface area contributed by atoms with Gasteiger partial charge in [0.05, 0.1) is 19.8 Å². The van der Waals surface area contributed by atoms with Gasteiger partial charge in [0.1, 0.15) is 12.2 Å². The van der Waals surface area contributed by atoms with Gasteiger partial charge in [0.15, 0.2) is 12.2 Å². The summed E-state index contributed by atoms with van der Waals surface area (Å²) in [6.45, 7) is 1.29. The smallest absolute Gasteiger partial charge is 0.378 e. The van der Waals surface area contributed by atoms with Crippen molar-refractivity contribution in [3.05, 3.63) is 0 Å². The molecule has 0 aromatic carbocycles. The lowest BCUT2D eigenvalue weighted by atomic mass is 10.1. The first kappa shape index (κ1) is 16.0. The van der Waals surface area contributed by atoms with Gasteiger partial charge < -0.3 is 29.5 Å². The molecule has 0 aliphatic carbocycles. The molecule has 110 valence electrons. The first-order chi connectivity index (χ1) is 9.01. The van der Waals surface area contributed by atoms with Gasteiger partial charge in [0.25, 0.3) is 5.78 Å². The molecule has 1 fully saturated rings. The average Bonchev–Trinajstić information content (AvgIpc) is 2.69. The lowest BCUT2D eigenvalue weighted by molar-refractivity contribution is -0.152. The minimum atomic E-state index is -1.41.